The summed E-state index contributed by atoms with van der Waals surface area (Å²) in [6.07, 6.45) is 8.45. The van der Waals surface area contributed by atoms with Gasteiger partial charge in [0.05, 0.1) is 6.10 Å². The summed E-state index contributed by atoms with van der Waals surface area (Å²) in [7, 11) is 2.05. The van der Waals surface area contributed by atoms with Crippen LogP contribution in [0.3, 0.4) is 0 Å². The zero-order valence-corrected chi connectivity index (χ0v) is 9.01. The van der Waals surface area contributed by atoms with Gasteiger partial charge in [-0.05, 0) is 26.8 Å². The van der Waals surface area contributed by atoms with Crippen molar-refractivity contribution in [3.63, 3.8) is 0 Å². The highest BCUT2D eigenvalue weighted by molar-refractivity contribution is 4.77. The maximum Gasteiger partial charge on any atom is 0.0727 e. The van der Waals surface area contributed by atoms with E-state index in [1.54, 1.807) is 0 Å². The molecule has 0 saturated heterocycles. The minimum atomic E-state index is 0.454. The molecule has 1 aliphatic carbocycles. The van der Waals surface area contributed by atoms with E-state index in [0.29, 0.717) is 12.1 Å². The Morgan fingerprint density at radius 2 is 1.85 bits per heavy atom. The van der Waals surface area contributed by atoms with Crippen molar-refractivity contribution in [1.82, 2.24) is 5.32 Å². The van der Waals surface area contributed by atoms with E-state index in [-0.39, 0.29) is 0 Å². The van der Waals surface area contributed by atoms with Crippen molar-refractivity contribution in [3.8, 4) is 0 Å². The molecule has 0 amide bonds. The first kappa shape index (κ1) is 11.0. The smallest absolute Gasteiger partial charge is 0.0727 e. The second kappa shape index (κ2) is 6.39. The van der Waals surface area contributed by atoms with Crippen molar-refractivity contribution >= 4 is 0 Å². The Labute approximate surface area is 82.0 Å². The van der Waals surface area contributed by atoms with Crippen LogP contribution in [0.15, 0.2) is 0 Å². The molecule has 0 unspecified atom stereocenters. The lowest BCUT2D eigenvalue weighted by atomic mass is 9.94. The quantitative estimate of drug-likeness (QED) is 0.728. The highest BCUT2D eigenvalue weighted by Crippen LogP contribution is 2.19. The third-order valence-corrected chi connectivity index (χ3v) is 2.95. The fourth-order valence-corrected chi connectivity index (χ4v) is 2.19. The average Bonchev–Trinajstić information content (AvgIpc) is 2.10. The van der Waals surface area contributed by atoms with Crippen LogP contribution < -0.4 is 5.32 Å². The van der Waals surface area contributed by atoms with Crippen LogP contribution >= 0.6 is 0 Å². The van der Waals surface area contributed by atoms with Crippen LogP contribution in [0.2, 0.25) is 0 Å². The monoisotopic (exact) mass is 185 g/mol. The Hall–Kier alpha value is -0.0800. The van der Waals surface area contributed by atoms with Crippen LogP contribution in [-0.2, 0) is 4.74 Å². The zero-order valence-electron chi connectivity index (χ0n) is 9.01. The third-order valence-electron chi connectivity index (χ3n) is 2.95. The van der Waals surface area contributed by atoms with Crippen molar-refractivity contribution in [2.45, 2.75) is 57.6 Å². The Morgan fingerprint density at radius 3 is 2.46 bits per heavy atom. The van der Waals surface area contributed by atoms with Crippen molar-refractivity contribution in [1.29, 1.82) is 0 Å². The maximum absolute atomic E-state index is 5.76. The van der Waals surface area contributed by atoms with Gasteiger partial charge in [-0.15, -0.1) is 0 Å². The molecule has 0 aliphatic heterocycles. The van der Waals surface area contributed by atoms with Crippen LogP contribution in [-0.4, -0.2) is 25.8 Å². The van der Waals surface area contributed by atoms with Gasteiger partial charge in [-0.3, -0.25) is 0 Å². The van der Waals surface area contributed by atoms with Crippen molar-refractivity contribution < 1.29 is 4.74 Å². The number of nitrogens with one attached hydrogen (secondary N) is 1. The highest BCUT2D eigenvalue weighted by Gasteiger charge is 2.20. The molecule has 0 aromatic carbocycles. The minimum absolute atomic E-state index is 0.454. The molecule has 2 atom stereocenters. The number of rotatable bonds is 3. The molecule has 1 rings (SSSR count). The Kier molecular flexibility index (Phi) is 5.40. The van der Waals surface area contributed by atoms with Gasteiger partial charge in [0.1, 0.15) is 0 Å². The molecule has 0 heterocycles. The van der Waals surface area contributed by atoms with E-state index >= 15 is 0 Å². The lowest BCUT2D eigenvalue weighted by molar-refractivity contribution is 0.0229. The second-order valence-electron chi connectivity index (χ2n) is 3.88. The summed E-state index contributed by atoms with van der Waals surface area (Å²) in [5, 5.41) is 3.38. The highest BCUT2D eigenvalue weighted by atomic mass is 16.5. The molecule has 13 heavy (non-hydrogen) atoms. The van der Waals surface area contributed by atoms with E-state index in [0.717, 1.165) is 6.61 Å². The first-order valence-corrected chi connectivity index (χ1v) is 5.67. The molecular formula is C11H23NO. The van der Waals surface area contributed by atoms with E-state index in [2.05, 4.69) is 19.3 Å². The Balaban J connectivity index is 2.40. The lowest BCUT2D eigenvalue weighted by Crippen LogP contribution is -2.40. The van der Waals surface area contributed by atoms with Crippen molar-refractivity contribution in [2.24, 2.45) is 0 Å². The number of likely N-dealkylation sites (N-methyl/N-ethyl adjacent to an activating group) is 1. The SMILES string of the molecule is CCO[C@H]1CCCCCC[C@@H]1NC. The van der Waals surface area contributed by atoms with Gasteiger partial charge in [0.15, 0.2) is 0 Å². The summed E-state index contributed by atoms with van der Waals surface area (Å²) in [6, 6.07) is 0.584. The third kappa shape index (κ3) is 3.65. The van der Waals surface area contributed by atoms with Gasteiger partial charge in [-0.2, -0.15) is 0 Å². The fourth-order valence-electron chi connectivity index (χ4n) is 2.19. The summed E-state index contributed by atoms with van der Waals surface area (Å²) in [6.45, 7) is 2.94. The molecule has 0 aromatic heterocycles. The molecule has 2 heteroatoms. The first-order valence-electron chi connectivity index (χ1n) is 5.67. The van der Waals surface area contributed by atoms with Gasteiger partial charge in [0, 0.05) is 12.6 Å². The average molecular weight is 185 g/mol. The normalized spacial score (nSPS) is 30.9. The first-order chi connectivity index (χ1) is 6.38. The molecule has 0 bridgehead atoms. The van der Waals surface area contributed by atoms with Crippen LogP contribution in [0.1, 0.15) is 45.4 Å². The molecule has 0 spiro atoms. The van der Waals surface area contributed by atoms with E-state index in [9.17, 15) is 0 Å². The summed E-state index contributed by atoms with van der Waals surface area (Å²) < 4.78 is 5.76. The second-order valence-corrected chi connectivity index (χ2v) is 3.88. The predicted octanol–water partition coefficient (Wildman–Crippen LogP) is 2.33. The lowest BCUT2D eigenvalue weighted by Gasteiger charge is -2.28. The van der Waals surface area contributed by atoms with Gasteiger partial charge >= 0.3 is 0 Å². The number of hydrogen-bond donors (Lipinski definition) is 1. The standard InChI is InChI=1S/C11H23NO/c1-3-13-11-9-7-5-4-6-8-10(11)12-2/h10-12H,3-9H2,1-2H3/t10-,11-/m0/s1. The summed E-state index contributed by atoms with van der Waals surface area (Å²) in [5.74, 6) is 0. The topological polar surface area (TPSA) is 21.3 Å². The molecule has 1 aliphatic rings. The molecule has 1 fully saturated rings. The molecule has 0 aromatic rings. The fraction of sp³-hybridized carbons (Fsp3) is 1.00. The van der Waals surface area contributed by atoms with Crippen molar-refractivity contribution in [3.05, 3.63) is 0 Å². The molecule has 78 valence electrons. The van der Waals surface area contributed by atoms with Crippen LogP contribution in [0.5, 0.6) is 0 Å². The number of hydrogen-bond acceptors (Lipinski definition) is 2. The van der Waals surface area contributed by atoms with Crippen LogP contribution in [0.25, 0.3) is 0 Å². The largest absolute Gasteiger partial charge is 0.377 e. The molecular weight excluding hydrogens is 162 g/mol. The Bertz CT molecular complexity index is 127. The molecule has 1 saturated carbocycles. The predicted molar refractivity (Wildman–Crippen MR) is 56.0 cm³/mol. The summed E-state index contributed by atoms with van der Waals surface area (Å²) >= 11 is 0. The van der Waals surface area contributed by atoms with Crippen LogP contribution in [0.4, 0.5) is 0 Å². The van der Waals surface area contributed by atoms with Crippen molar-refractivity contribution in [2.75, 3.05) is 13.7 Å². The van der Waals surface area contributed by atoms with Gasteiger partial charge in [0.25, 0.3) is 0 Å². The van der Waals surface area contributed by atoms with Crippen LogP contribution in [0, 0.1) is 0 Å². The van der Waals surface area contributed by atoms with Gasteiger partial charge < -0.3 is 10.1 Å². The summed E-state index contributed by atoms with van der Waals surface area (Å²) in [5.41, 5.74) is 0. The van der Waals surface area contributed by atoms with E-state index in [1.807, 2.05) is 0 Å². The molecule has 0 radical (unpaired) electrons. The molecule has 1 N–H and O–H groups in total. The van der Waals surface area contributed by atoms with E-state index < -0.39 is 0 Å². The van der Waals surface area contributed by atoms with Gasteiger partial charge in [-0.25, -0.2) is 0 Å². The van der Waals surface area contributed by atoms with Gasteiger partial charge in [0.2, 0.25) is 0 Å². The Morgan fingerprint density at radius 1 is 1.15 bits per heavy atom. The van der Waals surface area contributed by atoms with E-state index in [4.69, 9.17) is 4.74 Å². The molecule has 2 nitrogen and oxygen atoms in total. The number of ether oxygens (including phenoxy) is 1. The maximum atomic E-state index is 5.76. The van der Waals surface area contributed by atoms with Gasteiger partial charge in [-0.1, -0.05) is 25.7 Å². The summed E-state index contributed by atoms with van der Waals surface area (Å²) in [4.78, 5) is 0. The minimum Gasteiger partial charge on any atom is -0.377 e. The van der Waals surface area contributed by atoms with E-state index in [1.165, 1.54) is 38.5 Å². The zero-order chi connectivity index (χ0) is 9.52.